The number of anilines is 1. The Morgan fingerprint density at radius 1 is 1.32 bits per heavy atom. The van der Waals surface area contributed by atoms with Gasteiger partial charge < -0.3 is 4.42 Å². The lowest BCUT2D eigenvalue weighted by Gasteiger charge is -1.98. The molecular formula is C16H17N3O2S. The summed E-state index contributed by atoms with van der Waals surface area (Å²) < 4.78 is 5.69. The molecule has 5 nitrogen and oxygen atoms in total. The highest BCUT2D eigenvalue weighted by atomic mass is 32.1. The number of nitrogens with one attached hydrogen (secondary N) is 1. The summed E-state index contributed by atoms with van der Waals surface area (Å²) in [6, 6.07) is 5.88. The van der Waals surface area contributed by atoms with E-state index in [9.17, 15) is 4.79 Å². The van der Waals surface area contributed by atoms with Crippen molar-refractivity contribution < 1.29 is 9.21 Å². The van der Waals surface area contributed by atoms with Crippen LogP contribution in [-0.2, 0) is 6.42 Å². The van der Waals surface area contributed by atoms with Gasteiger partial charge in [0.25, 0.3) is 5.91 Å². The zero-order valence-electron chi connectivity index (χ0n) is 12.8. The molecular weight excluding hydrogens is 298 g/mol. The molecule has 3 aromatic rings. The molecule has 0 spiro atoms. The average molecular weight is 315 g/mol. The Kier molecular flexibility index (Phi) is 3.94. The third-order valence-corrected chi connectivity index (χ3v) is 4.35. The molecule has 0 aliphatic rings. The van der Waals surface area contributed by atoms with E-state index in [1.165, 1.54) is 11.3 Å². The van der Waals surface area contributed by atoms with Gasteiger partial charge >= 0.3 is 0 Å². The summed E-state index contributed by atoms with van der Waals surface area (Å²) >= 11 is 1.40. The van der Waals surface area contributed by atoms with Crippen LogP contribution in [0.4, 0.5) is 5.13 Å². The molecule has 0 aliphatic carbocycles. The Labute approximate surface area is 132 Å². The second kappa shape index (κ2) is 5.88. The topological polar surface area (TPSA) is 68.0 Å². The van der Waals surface area contributed by atoms with Crippen LogP contribution in [0.2, 0.25) is 0 Å². The van der Waals surface area contributed by atoms with Gasteiger partial charge in [0.05, 0.1) is 0 Å². The Hall–Kier alpha value is -2.21. The lowest BCUT2D eigenvalue weighted by Crippen LogP contribution is -2.11. The molecule has 2 heterocycles. The van der Waals surface area contributed by atoms with Gasteiger partial charge in [-0.25, -0.2) is 0 Å². The number of fused-ring (bicyclic) bond motifs is 1. The minimum Gasteiger partial charge on any atom is -0.451 e. The van der Waals surface area contributed by atoms with Crippen molar-refractivity contribution in [3.05, 3.63) is 40.1 Å². The minimum absolute atomic E-state index is 0.287. The highest BCUT2D eigenvalue weighted by Crippen LogP contribution is 2.27. The molecule has 1 N–H and O–H groups in total. The van der Waals surface area contributed by atoms with Crippen molar-refractivity contribution in [2.24, 2.45) is 0 Å². The van der Waals surface area contributed by atoms with Crippen LogP contribution in [0.15, 0.2) is 22.6 Å². The van der Waals surface area contributed by atoms with Crippen molar-refractivity contribution in [2.75, 3.05) is 5.32 Å². The number of amides is 1. The van der Waals surface area contributed by atoms with Crippen LogP contribution in [0.3, 0.4) is 0 Å². The molecule has 6 heteroatoms. The maximum absolute atomic E-state index is 12.4. The predicted octanol–water partition coefficient (Wildman–Crippen LogP) is 4.11. The van der Waals surface area contributed by atoms with Crippen molar-refractivity contribution in [3.63, 3.8) is 0 Å². The van der Waals surface area contributed by atoms with Crippen LogP contribution in [0.1, 0.15) is 40.0 Å². The van der Waals surface area contributed by atoms with E-state index in [-0.39, 0.29) is 5.91 Å². The van der Waals surface area contributed by atoms with Crippen LogP contribution in [0.25, 0.3) is 11.0 Å². The van der Waals surface area contributed by atoms with Crippen molar-refractivity contribution in [1.82, 2.24) is 10.2 Å². The number of carbonyl (C=O) groups excluding carboxylic acids is 1. The minimum atomic E-state index is -0.287. The fourth-order valence-corrected chi connectivity index (χ4v) is 3.16. The largest absolute Gasteiger partial charge is 0.451 e. The first-order chi connectivity index (χ1) is 10.6. The van der Waals surface area contributed by atoms with E-state index in [4.69, 9.17) is 4.42 Å². The third kappa shape index (κ3) is 2.74. The zero-order chi connectivity index (χ0) is 15.7. The number of furan rings is 1. The van der Waals surface area contributed by atoms with E-state index in [0.29, 0.717) is 10.9 Å². The van der Waals surface area contributed by atoms with E-state index >= 15 is 0 Å². The number of hydrogen-bond acceptors (Lipinski definition) is 5. The van der Waals surface area contributed by atoms with Gasteiger partial charge in [0.15, 0.2) is 5.76 Å². The fraction of sp³-hybridized carbons (Fsp3) is 0.312. The van der Waals surface area contributed by atoms with Gasteiger partial charge in [-0.2, -0.15) is 0 Å². The van der Waals surface area contributed by atoms with Crippen LogP contribution >= 0.6 is 11.3 Å². The van der Waals surface area contributed by atoms with Crippen LogP contribution in [-0.4, -0.2) is 16.1 Å². The first-order valence-electron chi connectivity index (χ1n) is 7.22. The van der Waals surface area contributed by atoms with Crippen molar-refractivity contribution >= 4 is 33.3 Å². The molecule has 0 saturated heterocycles. The van der Waals surface area contributed by atoms with Crippen LogP contribution < -0.4 is 5.32 Å². The maximum Gasteiger partial charge on any atom is 0.293 e. The van der Waals surface area contributed by atoms with Gasteiger partial charge in [0, 0.05) is 17.4 Å². The summed E-state index contributed by atoms with van der Waals surface area (Å²) in [6.45, 7) is 5.99. The van der Waals surface area contributed by atoms with Gasteiger partial charge in [0.2, 0.25) is 5.13 Å². The number of rotatable bonds is 4. The van der Waals surface area contributed by atoms with E-state index in [1.54, 1.807) is 0 Å². The fourth-order valence-electron chi connectivity index (χ4n) is 2.32. The first kappa shape index (κ1) is 14.7. The standard InChI is InChI=1S/C16H17N3O2S/c1-4-5-13-18-19-16(22-13)17-15(20)14-10(3)11-8-9(2)6-7-12(11)21-14/h6-8H,4-5H2,1-3H3,(H,17,19,20). The molecule has 0 bridgehead atoms. The summed E-state index contributed by atoms with van der Waals surface area (Å²) in [5.74, 6) is 0.0402. The molecule has 0 atom stereocenters. The van der Waals surface area contributed by atoms with Gasteiger partial charge in [-0.3, -0.25) is 10.1 Å². The van der Waals surface area contributed by atoms with Crippen molar-refractivity contribution in [3.8, 4) is 0 Å². The molecule has 0 fully saturated rings. The van der Waals surface area contributed by atoms with Crippen LogP contribution in [0.5, 0.6) is 0 Å². The number of aromatic nitrogens is 2. The molecule has 0 radical (unpaired) electrons. The summed E-state index contributed by atoms with van der Waals surface area (Å²) in [4.78, 5) is 12.4. The second-order valence-corrected chi connectivity index (χ2v) is 6.32. The highest BCUT2D eigenvalue weighted by molar-refractivity contribution is 7.15. The normalized spacial score (nSPS) is 11.0. The molecule has 3 rings (SSSR count). The monoisotopic (exact) mass is 315 g/mol. The molecule has 0 saturated carbocycles. The van der Waals surface area contributed by atoms with Gasteiger partial charge in [-0.05, 0) is 32.4 Å². The Morgan fingerprint density at radius 3 is 2.91 bits per heavy atom. The van der Waals surface area contributed by atoms with E-state index in [0.717, 1.165) is 39.9 Å². The molecule has 1 amide bonds. The Balaban J connectivity index is 1.86. The van der Waals surface area contributed by atoms with Gasteiger partial charge in [0.1, 0.15) is 10.6 Å². The van der Waals surface area contributed by atoms with E-state index in [1.807, 2.05) is 32.0 Å². The lowest BCUT2D eigenvalue weighted by atomic mass is 10.1. The summed E-state index contributed by atoms with van der Waals surface area (Å²) in [6.07, 6.45) is 1.88. The van der Waals surface area contributed by atoms with E-state index in [2.05, 4.69) is 22.4 Å². The summed E-state index contributed by atoms with van der Waals surface area (Å²) in [5.41, 5.74) is 2.70. The van der Waals surface area contributed by atoms with Crippen molar-refractivity contribution in [2.45, 2.75) is 33.6 Å². The molecule has 0 aliphatic heterocycles. The Bertz CT molecular complexity index is 835. The zero-order valence-corrected chi connectivity index (χ0v) is 13.6. The first-order valence-corrected chi connectivity index (χ1v) is 8.03. The number of aryl methyl sites for hydroxylation is 3. The SMILES string of the molecule is CCCc1nnc(NC(=O)c2oc3ccc(C)cc3c2C)s1. The lowest BCUT2D eigenvalue weighted by molar-refractivity contribution is 0.0998. The predicted molar refractivity (Wildman–Crippen MR) is 87.5 cm³/mol. The van der Waals surface area contributed by atoms with Crippen molar-refractivity contribution in [1.29, 1.82) is 0 Å². The smallest absolute Gasteiger partial charge is 0.293 e. The molecule has 22 heavy (non-hydrogen) atoms. The van der Waals surface area contributed by atoms with Crippen LogP contribution in [0, 0.1) is 13.8 Å². The number of benzene rings is 1. The molecule has 1 aromatic carbocycles. The number of nitrogens with zero attached hydrogens (tertiary/aromatic N) is 2. The summed E-state index contributed by atoms with van der Waals surface area (Å²) in [5, 5.41) is 13.2. The molecule has 2 aromatic heterocycles. The quantitative estimate of drug-likeness (QED) is 0.787. The molecule has 114 valence electrons. The number of carbonyl (C=O) groups is 1. The second-order valence-electron chi connectivity index (χ2n) is 5.26. The number of hydrogen-bond donors (Lipinski definition) is 1. The van der Waals surface area contributed by atoms with E-state index < -0.39 is 0 Å². The summed E-state index contributed by atoms with van der Waals surface area (Å²) in [7, 11) is 0. The highest BCUT2D eigenvalue weighted by Gasteiger charge is 2.19. The van der Waals surface area contributed by atoms with Gasteiger partial charge in [-0.1, -0.05) is 29.9 Å². The third-order valence-electron chi connectivity index (χ3n) is 3.45. The maximum atomic E-state index is 12.4. The Morgan fingerprint density at radius 2 is 2.14 bits per heavy atom. The van der Waals surface area contributed by atoms with Gasteiger partial charge in [-0.15, -0.1) is 10.2 Å². The average Bonchev–Trinajstić information content (AvgIpc) is 3.05. The molecule has 0 unspecified atom stereocenters.